The van der Waals surface area contributed by atoms with Crippen LogP contribution in [0.1, 0.15) is 59.2 Å². The molecule has 204 valence electrons. The van der Waals surface area contributed by atoms with Crippen LogP contribution in [-0.2, 0) is 32.4 Å². The minimum Gasteiger partial charge on any atom is -0.399 e. The van der Waals surface area contributed by atoms with Crippen molar-refractivity contribution in [2.45, 2.75) is 75.8 Å². The van der Waals surface area contributed by atoms with E-state index in [-0.39, 0.29) is 33.2 Å². The Morgan fingerprint density at radius 1 is 1.13 bits per heavy atom. The van der Waals surface area contributed by atoms with Crippen LogP contribution in [0.3, 0.4) is 0 Å². The zero-order chi connectivity index (χ0) is 28.0. The van der Waals surface area contributed by atoms with Crippen molar-refractivity contribution in [3.63, 3.8) is 0 Å². The van der Waals surface area contributed by atoms with E-state index >= 15 is 0 Å². The molecule has 3 aromatic rings. The summed E-state index contributed by atoms with van der Waals surface area (Å²) >= 11 is 0. The maximum absolute atomic E-state index is 13.8. The van der Waals surface area contributed by atoms with E-state index in [9.17, 15) is 26.4 Å². The summed E-state index contributed by atoms with van der Waals surface area (Å²) in [6, 6.07) is 1.70. The summed E-state index contributed by atoms with van der Waals surface area (Å²) in [6.45, 7) is 8.92. The molecule has 0 aromatic carbocycles. The first kappa shape index (κ1) is 26.9. The molecule has 14 heteroatoms. The van der Waals surface area contributed by atoms with Crippen LogP contribution in [0, 0.1) is 0 Å². The standard InChI is InChI=1S/C24H28BF3N4O5S/c1-7-38(34,35)16-10-13(25-36-22(2,3)23(4,5)37-25)12-29-18(16)20-30-15-11-17(24(26,27)28)32(14-8-9-14)21(33)19(15)31(20)6/h10-12,14H,7-9H2,1-6H3. The molecule has 1 saturated heterocycles. The topological polar surface area (TPSA) is 105 Å². The van der Waals surface area contributed by atoms with E-state index in [1.54, 1.807) is 0 Å². The highest BCUT2D eigenvalue weighted by molar-refractivity contribution is 7.91. The van der Waals surface area contributed by atoms with Crippen molar-refractivity contribution >= 4 is 33.5 Å². The van der Waals surface area contributed by atoms with Crippen LogP contribution < -0.4 is 11.0 Å². The largest absolute Gasteiger partial charge is 0.496 e. The maximum atomic E-state index is 13.8. The molecule has 9 nitrogen and oxygen atoms in total. The monoisotopic (exact) mass is 552 g/mol. The van der Waals surface area contributed by atoms with Gasteiger partial charge in [-0.25, -0.2) is 13.4 Å². The third-order valence-corrected chi connectivity index (χ3v) is 9.35. The Morgan fingerprint density at radius 3 is 2.26 bits per heavy atom. The number of aromatic nitrogens is 4. The highest BCUT2D eigenvalue weighted by Crippen LogP contribution is 2.41. The van der Waals surface area contributed by atoms with Gasteiger partial charge in [0.2, 0.25) is 0 Å². The Morgan fingerprint density at radius 2 is 1.74 bits per heavy atom. The number of sulfone groups is 1. The fourth-order valence-electron chi connectivity index (χ4n) is 4.55. The van der Waals surface area contributed by atoms with Crippen molar-refractivity contribution in [3.8, 4) is 11.5 Å². The Balaban J connectivity index is 1.71. The molecule has 2 fully saturated rings. The van der Waals surface area contributed by atoms with Gasteiger partial charge in [-0.15, -0.1) is 0 Å². The number of halogens is 3. The van der Waals surface area contributed by atoms with Gasteiger partial charge in [-0.1, -0.05) is 6.92 Å². The molecule has 1 aliphatic carbocycles. The number of fused-ring (bicyclic) bond motifs is 1. The first-order chi connectivity index (χ1) is 17.5. The summed E-state index contributed by atoms with van der Waals surface area (Å²) in [6.07, 6.45) is -2.41. The van der Waals surface area contributed by atoms with Crippen molar-refractivity contribution in [2.24, 2.45) is 7.05 Å². The van der Waals surface area contributed by atoms with Gasteiger partial charge in [-0.2, -0.15) is 13.2 Å². The van der Waals surface area contributed by atoms with Crippen LogP contribution in [0.2, 0.25) is 0 Å². The van der Waals surface area contributed by atoms with Crippen molar-refractivity contribution < 1.29 is 30.9 Å². The van der Waals surface area contributed by atoms with Crippen LogP contribution >= 0.6 is 0 Å². The fourth-order valence-corrected chi connectivity index (χ4v) is 5.61. The second-order valence-electron chi connectivity index (χ2n) is 10.8. The quantitative estimate of drug-likeness (QED) is 0.448. The number of alkyl halides is 3. The van der Waals surface area contributed by atoms with E-state index in [1.807, 2.05) is 27.7 Å². The number of nitrogens with zero attached hydrogens (tertiary/aromatic N) is 4. The van der Waals surface area contributed by atoms with Crippen LogP contribution in [0.25, 0.3) is 22.6 Å². The molecule has 0 atom stereocenters. The molecule has 0 N–H and O–H groups in total. The van der Waals surface area contributed by atoms with E-state index in [2.05, 4.69) is 9.97 Å². The highest BCUT2D eigenvalue weighted by Gasteiger charge is 2.52. The molecule has 4 heterocycles. The normalized spacial score (nSPS) is 19.4. The predicted molar refractivity (Wildman–Crippen MR) is 135 cm³/mol. The van der Waals surface area contributed by atoms with E-state index < -0.39 is 51.6 Å². The Bertz CT molecular complexity index is 1610. The summed E-state index contributed by atoms with van der Waals surface area (Å²) in [5.74, 6) is -0.295. The van der Waals surface area contributed by atoms with Crippen LogP contribution in [0.15, 0.2) is 28.0 Å². The summed E-state index contributed by atoms with van der Waals surface area (Å²) < 4.78 is 82.0. The molecule has 5 rings (SSSR count). The molecule has 0 radical (unpaired) electrons. The first-order valence-electron chi connectivity index (χ1n) is 12.3. The van der Waals surface area contributed by atoms with Crippen LogP contribution in [0.4, 0.5) is 13.2 Å². The molecule has 0 unspecified atom stereocenters. The average Bonchev–Trinajstić information content (AvgIpc) is 3.55. The Hall–Kier alpha value is -2.71. The third-order valence-electron chi connectivity index (χ3n) is 7.61. The summed E-state index contributed by atoms with van der Waals surface area (Å²) in [5.41, 5.74) is -3.19. The average molecular weight is 552 g/mol. The molecule has 1 aliphatic heterocycles. The second-order valence-corrected chi connectivity index (χ2v) is 13.0. The first-order valence-corrected chi connectivity index (χ1v) is 13.9. The lowest BCUT2D eigenvalue weighted by Crippen LogP contribution is -2.41. The maximum Gasteiger partial charge on any atom is 0.496 e. The number of rotatable bonds is 5. The molecular formula is C24H28BF3N4O5S. The predicted octanol–water partition coefficient (Wildman–Crippen LogP) is 3.24. The molecular weight excluding hydrogens is 524 g/mol. The van der Waals surface area contributed by atoms with Gasteiger partial charge in [0, 0.05) is 24.7 Å². The highest BCUT2D eigenvalue weighted by atomic mass is 32.2. The molecule has 3 aromatic heterocycles. The van der Waals surface area contributed by atoms with Gasteiger partial charge in [-0.3, -0.25) is 14.3 Å². The summed E-state index contributed by atoms with van der Waals surface area (Å²) in [7, 11) is -3.30. The lowest BCUT2D eigenvalue weighted by Gasteiger charge is -2.32. The minimum atomic E-state index is -4.76. The summed E-state index contributed by atoms with van der Waals surface area (Å²) in [4.78, 5) is 21.7. The Kier molecular flexibility index (Phi) is 5.94. The van der Waals surface area contributed by atoms with Crippen molar-refractivity contribution in [2.75, 3.05) is 5.75 Å². The summed E-state index contributed by atoms with van der Waals surface area (Å²) in [5, 5.41) is 0. The fraction of sp³-hybridized carbons (Fsp3) is 0.542. The van der Waals surface area contributed by atoms with E-state index in [1.165, 1.54) is 30.8 Å². The Labute approximate surface area is 218 Å². The minimum absolute atomic E-state index is 0.0359. The third kappa shape index (κ3) is 4.17. The number of hydrogen-bond donors (Lipinski definition) is 0. The zero-order valence-corrected chi connectivity index (χ0v) is 22.7. The van der Waals surface area contributed by atoms with Crippen molar-refractivity contribution in [1.82, 2.24) is 19.1 Å². The van der Waals surface area contributed by atoms with Gasteiger partial charge in [0.15, 0.2) is 15.7 Å². The molecule has 0 bridgehead atoms. The number of aryl methyl sites for hydroxylation is 1. The van der Waals surface area contributed by atoms with Gasteiger partial charge < -0.3 is 13.9 Å². The van der Waals surface area contributed by atoms with Gasteiger partial charge in [0.05, 0.1) is 27.4 Å². The van der Waals surface area contributed by atoms with Gasteiger partial charge in [0.25, 0.3) is 5.56 Å². The van der Waals surface area contributed by atoms with Crippen molar-refractivity contribution in [1.29, 1.82) is 0 Å². The molecule has 0 spiro atoms. The van der Waals surface area contributed by atoms with Gasteiger partial charge >= 0.3 is 13.3 Å². The van der Waals surface area contributed by atoms with Gasteiger partial charge in [0.1, 0.15) is 16.9 Å². The van der Waals surface area contributed by atoms with Crippen molar-refractivity contribution in [3.05, 3.63) is 34.4 Å². The number of hydrogen-bond acceptors (Lipinski definition) is 7. The van der Waals surface area contributed by atoms with Crippen LogP contribution in [0.5, 0.6) is 0 Å². The lowest BCUT2D eigenvalue weighted by atomic mass is 9.80. The second kappa shape index (κ2) is 8.40. The van der Waals surface area contributed by atoms with E-state index in [0.717, 1.165) is 10.6 Å². The van der Waals surface area contributed by atoms with Crippen LogP contribution in [-0.4, -0.2) is 51.6 Å². The number of pyridine rings is 2. The number of imidazole rings is 1. The van der Waals surface area contributed by atoms with Gasteiger partial charge in [-0.05, 0) is 52.7 Å². The van der Waals surface area contributed by atoms with E-state index in [4.69, 9.17) is 9.31 Å². The smallest absolute Gasteiger partial charge is 0.399 e. The molecule has 1 saturated carbocycles. The SMILES string of the molecule is CCS(=O)(=O)c1cc(B2OC(C)(C)C(C)(C)O2)cnc1-c1nc2cc(C(F)(F)F)n(C3CC3)c(=O)c2n1C. The molecule has 38 heavy (non-hydrogen) atoms. The molecule has 2 aliphatic rings. The van der Waals surface area contributed by atoms with E-state index in [0.29, 0.717) is 18.3 Å². The zero-order valence-electron chi connectivity index (χ0n) is 21.9. The molecule has 0 amide bonds. The lowest BCUT2D eigenvalue weighted by molar-refractivity contribution is -0.144.